The van der Waals surface area contributed by atoms with E-state index in [1.807, 2.05) is 0 Å². The molecular weight excluding hydrogens is 304 g/mol. The van der Waals surface area contributed by atoms with E-state index in [1.54, 1.807) is 16.7 Å². The smallest absolute Gasteiger partial charge is 0.0762 e. The molecule has 0 saturated heterocycles. The molecule has 1 N–H and O–H groups in total. The fraction of sp³-hybridized carbons (Fsp3) is 0.391. The molecule has 0 radical (unpaired) electrons. The molecule has 3 atom stereocenters. The van der Waals surface area contributed by atoms with Crippen molar-refractivity contribution in [2.45, 2.75) is 50.1 Å². The molecule has 0 bridgehead atoms. The highest BCUT2D eigenvalue weighted by atomic mass is 15.2. The number of hydrogen-bond acceptors (Lipinski definition) is 1. The van der Waals surface area contributed by atoms with E-state index in [1.165, 1.54) is 55.2 Å². The lowest BCUT2D eigenvalue weighted by molar-refractivity contribution is 0.0799. The maximum Gasteiger partial charge on any atom is 0.0762 e. The van der Waals surface area contributed by atoms with Gasteiger partial charge in [0.05, 0.1) is 6.04 Å². The van der Waals surface area contributed by atoms with Crippen LogP contribution in [0, 0.1) is 0 Å². The molecule has 0 unspecified atom stereocenters. The molecule has 0 spiro atoms. The summed E-state index contributed by atoms with van der Waals surface area (Å²) < 4.78 is 0. The number of rotatable bonds is 0. The quantitative estimate of drug-likeness (QED) is 0.604. The lowest BCUT2D eigenvalue weighted by Gasteiger charge is -2.51. The van der Waals surface area contributed by atoms with Gasteiger partial charge in [-0.3, -0.25) is 4.90 Å². The number of aromatic amines is 1. The molecule has 3 aliphatic rings. The van der Waals surface area contributed by atoms with Gasteiger partial charge in [0.25, 0.3) is 0 Å². The third-order valence-corrected chi connectivity index (χ3v) is 6.92. The second-order valence-corrected chi connectivity index (χ2v) is 8.04. The van der Waals surface area contributed by atoms with Crippen LogP contribution in [0.1, 0.15) is 60.0 Å². The van der Waals surface area contributed by atoms with Crippen LogP contribution in [0.5, 0.6) is 0 Å². The monoisotopic (exact) mass is 328 g/mol. The number of hydrogen-bond donors (Lipinski definition) is 1. The van der Waals surface area contributed by atoms with Crippen molar-refractivity contribution in [3.63, 3.8) is 0 Å². The van der Waals surface area contributed by atoms with Gasteiger partial charge in [-0.1, -0.05) is 55.3 Å². The Balaban J connectivity index is 1.60. The fourth-order valence-electron chi connectivity index (χ4n) is 5.92. The number of H-pyrrole nitrogens is 1. The van der Waals surface area contributed by atoms with E-state index >= 15 is 0 Å². The Bertz CT molecular complexity index is 954. The first-order valence-corrected chi connectivity index (χ1v) is 9.86. The zero-order valence-electron chi connectivity index (χ0n) is 14.5. The van der Waals surface area contributed by atoms with Crippen LogP contribution in [-0.2, 0) is 6.42 Å². The highest BCUT2D eigenvalue weighted by Crippen LogP contribution is 2.51. The van der Waals surface area contributed by atoms with Gasteiger partial charge >= 0.3 is 0 Å². The van der Waals surface area contributed by atoms with E-state index in [9.17, 15) is 0 Å². The van der Waals surface area contributed by atoms with Crippen LogP contribution in [0.2, 0.25) is 0 Å². The van der Waals surface area contributed by atoms with Crippen molar-refractivity contribution in [3.8, 4) is 0 Å². The second kappa shape index (κ2) is 5.22. The van der Waals surface area contributed by atoms with Gasteiger partial charge in [-0.05, 0) is 47.9 Å². The molecule has 2 aliphatic heterocycles. The van der Waals surface area contributed by atoms with Crippen LogP contribution < -0.4 is 0 Å². The van der Waals surface area contributed by atoms with E-state index in [0.29, 0.717) is 6.04 Å². The molecule has 126 valence electrons. The molecular formula is C23H24N2. The first-order chi connectivity index (χ1) is 12.4. The molecule has 3 aromatic rings. The molecule has 6 rings (SSSR count). The molecule has 2 aromatic carbocycles. The third kappa shape index (κ3) is 1.89. The van der Waals surface area contributed by atoms with E-state index in [2.05, 4.69) is 58.4 Å². The Morgan fingerprint density at radius 3 is 2.64 bits per heavy atom. The van der Waals surface area contributed by atoms with Gasteiger partial charge in [-0.15, -0.1) is 0 Å². The minimum Gasteiger partial charge on any atom is -0.357 e. The number of aromatic nitrogens is 1. The van der Waals surface area contributed by atoms with Crippen molar-refractivity contribution in [2.75, 3.05) is 6.54 Å². The van der Waals surface area contributed by atoms with E-state index < -0.39 is 0 Å². The minimum absolute atomic E-state index is 0.423. The van der Waals surface area contributed by atoms with Gasteiger partial charge in [0.15, 0.2) is 0 Å². The third-order valence-electron chi connectivity index (χ3n) is 6.92. The van der Waals surface area contributed by atoms with Crippen LogP contribution in [0.3, 0.4) is 0 Å². The molecule has 2 nitrogen and oxygen atoms in total. The lowest BCUT2D eigenvalue weighted by atomic mass is 9.71. The first-order valence-electron chi connectivity index (χ1n) is 9.86. The van der Waals surface area contributed by atoms with Crippen molar-refractivity contribution in [2.24, 2.45) is 0 Å². The van der Waals surface area contributed by atoms with Crippen LogP contribution in [0.25, 0.3) is 10.9 Å². The topological polar surface area (TPSA) is 19.0 Å². The maximum absolute atomic E-state index is 3.81. The minimum atomic E-state index is 0.423. The summed E-state index contributed by atoms with van der Waals surface area (Å²) in [6, 6.07) is 19.3. The summed E-state index contributed by atoms with van der Waals surface area (Å²) in [4.78, 5) is 6.65. The fourth-order valence-corrected chi connectivity index (χ4v) is 5.92. The molecule has 1 fully saturated rings. The largest absolute Gasteiger partial charge is 0.357 e. The van der Waals surface area contributed by atoms with Gasteiger partial charge in [-0.25, -0.2) is 0 Å². The summed E-state index contributed by atoms with van der Waals surface area (Å²) in [6.07, 6.45) is 6.70. The molecule has 1 saturated carbocycles. The number of para-hydroxylation sites is 1. The molecule has 2 heteroatoms. The normalized spacial score (nSPS) is 28.1. The number of fused-ring (bicyclic) bond motifs is 10. The summed E-state index contributed by atoms with van der Waals surface area (Å²) in [6.45, 7) is 1.20. The number of nitrogens with one attached hydrogen (secondary N) is 1. The standard InChI is InChI=1S/C23H24N2/c1-2-10-19-15(7-1)17-9-4-6-12-21(17)25-14-13-18-16-8-3-5-11-20(16)24-22(18)23(19)25/h1-3,5,7-8,10-11,17,21,23-24H,4,6,9,12-14H2/t17-,21+,23-/m0/s1. The number of benzene rings is 2. The van der Waals surface area contributed by atoms with E-state index in [4.69, 9.17) is 0 Å². The Morgan fingerprint density at radius 2 is 1.68 bits per heavy atom. The highest BCUT2D eigenvalue weighted by molar-refractivity contribution is 5.85. The molecule has 25 heavy (non-hydrogen) atoms. The molecule has 1 aromatic heterocycles. The summed E-state index contributed by atoms with van der Waals surface area (Å²) in [5.41, 5.74) is 7.50. The first kappa shape index (κ1) is 14.1. The van der Waals surface area contributed by atoms with E-state index in [-0.39, 0.29) is 0 Å². The van der Waals surface area contributed by atoms with Gasteiger partial charge in [0.2, 0.25) is 0 Å². The lowest BCUT2D eigenvalue weighted by Crippen LogP contribution is -2.50. The van der Waals surface area contributed by atoms with Gasteiger partial charge < -0.3 is 4.98 Å². The summed E-state index contributed by atoms with van der Waals surface area (Å²) in [5, 5.41) is 1.43. The van der Waals surface area contributed by atoms with E-state index in [0.717, 1.165) is 12.0 Å². The predicted molar refractivity (Wildman–Crippen MR) is 102 cm³/mol. The van der Waals surface area contributed by atoms with Crippen LogP contribution in [-0.4, -0.2) is 22.5 Å². The Labute approximate surface area is 148 Å². The second-order valence-electron chi connectivity index (χ2n) is 8.04. The summed E-state index contributed by atoms with van der Waals surface area (Å²) >= 11 is 0. The zero-order chi connectivity index (χ0) is 16.4. The molecule has 1 aliphatic carbocycles. The number of nitrogens with zero attached hydrogens (tertiary/aromatic N) is 1. The van der Waals surface area contributed by atoms with Crippen molar-refractivity contribution in [1.29, 1.82) is 0 Å². The molecule has 3 heterocycles. The van der Waals surface area contributed by atoms with Crippen molar-refractivity contribution in [1.82, 2.24) is 9.88 Å². The molecule has 0 amide bonds. The SMILES string of the molecule is c1ccc2c(c1)[C@H]1c3[nH]c4ccccc4c3CCN1[C@@H]1CCCC[C@@H]21. The predicted octanol–water partition coefficient (Wildman–Crippen LogP) is 5.16. The summed E-state index contributed by atoms with van der Waals surface area (Å²) in [5.74, 6) is 0.743. The Hall–Kier alpha value is -2.06. The van der Waals surface area contributed by atoms with Crippen LogP contribution in [0.15, 0.2) is 48.5 Å². The highest BCUT2D eigenvalue weighted by Gasteiger charge is 2.44. The van der Waals surface area contributed by atoms with Gasteiger partial charge in [-0.2, -0.15) is 0 Å². The maximum atomic E-state index is 3.81. The van der Waals surface area contributed by atoms with Gasteiger partial charge in [0.1, 0.15) is 0 Å². The Morgan fingerprint density at radius 1 is 0.880 bits per heavy atom. The van der Waals surface area contributed by atoms with Crippen molar-refractivity contribution in [3.05, 3.63) is 70.9 Å². The Kier molecular flexibility index (Phi) is 2.95. The average molecular weight is 328 g/mol. The van der Waals surface area contributed by atoms with Crippen LogP contribution in [0.4, 0.5) is 0 Å². The van der Waals surface area contributed by atoms with Crippen LogP contribution >= 0.6 is 0 Å². The van der Waals surface area contributed by atoms with Gasteiger partial charge in [0, 0.05) is 29.2 Å². The van der Waals surface area contributed by atoms with Crippen molar-refractivity contribution >= 4 is 10.9 Å². The average Bonchev–Trinajstić information content (AvgIpc) is 3.06. The zero-order valence-corrected chi connectivity index (χ0v) is 14.5. The van der Waals surface area contributed by atoms with Crippen molar-refractivity contribution < 1.29 is 0 Å². The summed E-state index contributed by atoms with van der Waals surface area (Å²) in [7, 11) is 0.